The van der Waals surface area contributed by atoms with Crippen molar-refractivity contribution < 1.29 is 4.92 Å². The number of non-ortho nitro benzene ring substituents is 1. The van der Waals surface area contributed by atoms with Crippen molar-refractivity contribution in [3.05, 3.63) is 85.9 Å². The third kappa shape index (κ3) is 4.45. The van der Waals surface area contributed by atoms with Gasteiger partial charge in [-0.1, -0.05) is 65.7 Å². The molecule has 0 N–H and O–H groups in total. The van der Waals surface area contributed by atoms with Gasteiger partial charge in [-0.3, -0.25) is 10.1 Å². The van der Waals surface area contributed by atoms with Gasteiger partial charge in [0.15, 0.2) is 0 Å². The van der Waals surface area contributed by atoms with Crippen molar-refractivity contribution in [1.29, 1.82) is 0 Å². The summed E-state index contributed by atoms with van der Waals surface area (Å²) in [5, 5.41) is 11.7. The largest absolute Gasteiger partial charge is 0.270 e. The van der Waals surface area contributed by atoms with E-state index in [9.17, 15) is 10.1 Å². The molecule has 0 radical (unpaired) electrons. The Morgan fingerprint density at radius 2 is 1.57 bits per heavy atom. The summed E-state index contributed by atoms with van der Waals surface area (Å²) < 4.78 is 0. The summed E-state index contributed by atoms with van der Waals surface area (Å²) in [5.41, 5.74) is 1.77. The monoisotopic (exact) mass is 319 g/mol. The lowest BCUT2D eigenvalue weighted by Crippen LogP contribution is -1.87. The fourth-order valence-corrected chi connectivity index (χ4v) is 2.00. The first kappa shape index (κ1) is 15.3. The number of hydrogen-bond donors (Lipinski definition) is 0. The summed E-state index contributed by atoms with van der Waals surface area (Å²) in [6.45, 7) is 0. The van der Waals surface area contributed by atoms with Crippen LogP contribution in [0.5, 0.6) is 0 Å². The van der Waals surface area contributed by atoms with Gasteiger partial charge < -0.3 is 0 Å². The van der Waals surface area contributed by atoms with Crippen LogP contribution in [0.15, 0.2) is 54.6 Å². The summed E-state index contributed by atoms with van der Waals surface area (Å²) >= 11 is 11.8. The molecule has 2 rings (SSSR count). The molecule has 0 unspecified atom stereocenters. The fourth-order valence-electron chi connectivity index (χ4n) is 1.69. The number of nitrogens with zero attached hydrogens (tertiary/aromatic N) is 1. The summed E-state index contributed by atoms with van der Waals surface area (Å²) in [6, 6.07) is 11.8. The van der Waals surface area contributed by atoms with Gasteiger partial charge in [0.1, 0.15) is 0 Å². The van der Waals surface area contributed by atoms with E-state index in [4.69, 9.17) is 23.2 Å². The molecule has 0 bridgehead atoms. The second-order valence-electron chi connectivity index (χ2n) is 4.24. The van der Waals surface area contributed by atoms with E-state index in [0.717, 1.165) is 11.1 Å². The van der Waals surface area contributed by atoms with Crippen LogP contribution >= 0.6 is 23.2 Å². The van der Waals surface area contributed by atoms with Crippen LogP contribution in [0.1, 0.15) is 11.1 Å². The summed E-state index contributed by atoms with van der Waals surface area (Å²) in [7, 11) is 0. The predicted octanol–water partition coefficient (Wildman–Crippen LogP) is 5.63. The number of nitro groups is 1. The number of benzene rings is 2. The van der Waals surface area contributed by atoms with E-state index in [1.54, 1.807) is 30.3 Å². The standard InChI is InChI=1S/C16H11Cl2NO2/c17-15-9-8-13(11-16(15)18)5-2-1-4-12-6-3-7-14(10-12)19(20)21/h1-11H/b4-1-,5-2-. The number of hydrogen-bond acceptors (Lipinski definition) is 2. The minimum Gasteiger partial charge on any atom is -0.258 e. The highest BCUT2D eigenvalue weighted by atomic mass is 35.5. The summed E-state index contributed by atoms with van der Waals surface area (Å²) in [4.78, 5) is 10.3. The molecule has 0 heterocycles. The Labute approximate surface area is 132 Å². The van der Waals surface area contributed by atoms with Crippen molar-refractivity contribution >= 4 is 41.0 Å². The van der Waals surface area contributed by atoms with Crippen molar-refractivity contribution in [3.63, 3.8) is 0 Å². The molecule has 3 nitrogen and oxygen atoms in total. The first-order chi connectivity index (χ1) is 10.1. The van der Waals surface area contributed by atoms with Gasteiger partial charge in [-0.2, -0.15) is 0 Å². The fraction of sp³-hybridized carbons (Fsp3) is 0. The molecule has 21 heavy (non-hydrogen) atoms. The van der Waals surface area contributed by atoms with E-state index < -0.39 is 4.92 Å². The van der Waals surface area contributed by atoms with Crippen LogP contribution in [0.2, 0.25) is 10.0 Å². The van der Waals surface area contributed by atoms with Crippen LogP contribution in [-0.4, -0.2) is 4.92 Å². The molecule has 0 amide bonds. The normalized spacial score (nSPS) is 11.3. The SMILES string of the molecule is O=[N+]([O-])c1cccc(/C=C\C=C/c2ccc(Cl)c(Cl)c2)c1. The quantitative estimate of drug-likeness (QED) is 0.416. The molecule has 0 atom stereocenters. The second kappa shape index (κ2) is 7.07. The van der Waals surface area contributed by atoms with E-state index in [-0.39, 0.29) is 5.69 Å². The Kier molecular flexibility index (Phi) is 5.14. The van der Waals surface area contributed by atoms with E-state index in [0.29, 0.717) is 10.0 Å². The number of halogens is 2. The van der Waals surface area contributed by atoms with Crippen LogP contribution < -0.4 is 0 Å². The highest BCUT2D eigenvalue weighted by Crippen LogP contribution is 2.23. The molecule has 0 aliphatic rings. The van der Waals surface area contributed by atoms with Gasteiger partial charge in [-0.05, 0) is 23.3 Å². The predicted molar refractivity (Wildman–Crippen MR) is 87.6 cm³/mol. The van der Waals surface area contributed by atoms with E-state index in [1.165, 1.54) is 12.1 Å². The van der Waals surface area contributed by atoms with Crippen molar-refractivity contribution in [2.45, 2.75) is 0 Å². The minimum absolute atomic E-state index is 0.0746. The maximum absolute atomic E-state index is 10.7. The molecule has 0 saturated heterocycles. The first-order valence-electron chi connectivity index (χ1n) is 6.10. The number of nitro benzene ring substituents is 1. The van der Waals surface area contributed by atoms with Crippen molar-refractivity contribution in [2.75, 3.05) is 0 Å². The zero-order valence-electron chi connectivity index (χ0n) is 10.9. The Morgan fingerprint density at radius 3 is 2.19 bits per heavy atom. The van der Waals surface area contributed by atoms with Gasteiger partial charge in [0, 0.05) is 12.1 Å². The van der Waals surface area contributed by atoms with E-state index in [1.807, 2.05) is 24.3 Å². The molecule has 0 spiro atoms. The third-order valence-electron chi connectivity index (χ3n) is 2.71. The van der Waals surface area contributed by atoms with Gasteiger partial charge in [0.05, 0.1) is 15.0 Å². The lowest BCUT2D eigenvalue weighted by atomic mass is 10.1. The van der Waals surface area contributed by atoms with Crippen molar-refractivity contribution in [3.8, 4) is 0 Å². The molecule has 0 aromatic heterocycles. The van der Waals surface area contributed by atoms with Crippen LogP contribution in [0.25, 0.3) is 12.2 Å². The van der Waals surface area contributed by atoms with Gasteiger partial charge >= 0.3 is 0 Å². The number of rotatable bonds is 4. The van der Waals surface area contributed by atoms with E-state index in [2.05, 4.69) is 0 Å². The topological polar surface area (TPSA) is 43.1 Å². The zero-order chi connectivity index (χ0) is 15.2. The Morgan fingerprint density at radius 1 is 0.905 bits per heavy atom. The maximum atomic E-state index is 10.7. The van der Waals surface area contributed by atoms with Gasteiger partial charge in [-0.15, -0.1) is 0 Å². The number of allylic oxidation sites excluding steroid dienone is 2. The Hall–Kier alpha value is -2.10. The molecule has 0 fully saturated rings. The van der Waals surface area contributed by atoms with Gasteiger partial charge in [0.25, 0.3) is 5.69 Å². The molecule has 0 aliphatic carbocycles. The van der Waals surface area contributed by atoms with Crippen LogP contribution in [0, 0.1) is 10.1 Å². The molecule has 0 saturated carbocycles. The second-order valence-corrected chi connectivity index (χ2v) is 5.06. The average molecular weight is 320 g/mol. The zero-order valence-corrected chi connectivity index (χ0v) is 12.4. The molecular formula is C16H11Cl2NO2. The molecular weight excluding hydrogens is 309 g/mol. The molecule has 5 heteroatoms. The van der Waals surface area contributed by atoms with Crippen LogP contribution in [-0.2, 0) is 0 Å². The molecule has 0 aliphatic heterocycles. The van der Waals surface area contributed by atoms with Gasteiger partial charge in [-0.25, -0.2) is 0 Å². The molecule has 2 aromatic rings. The third-order valence-corrected chi connectivity index (χ3v) is 3.45. The van der Waals surface area contributed by atoms with Crippen molar-refractivity contribution in [1.82, 2.24) is 0 Å². The maximum Gasteiger partial charge on any atom is 0.270 e. The highest BCUT2D eigenvalue weighted by molar-refractivity contribution is 6.42. The van der Waals surface area contributed by atoms with Crippen LogP contribution in [0.4, 0.5) is 5.69 Å². The summed E-state index contributed by atoms with van der Waals surface area (Å²) in [5.74, 6) is 0. The minimum atomic E-state index is -0.414. The molecule has 106 valence electrons. The lowest BCUT2D eigenvalue weighted by Gasteiger charge is -1.96. The summed E-state index contributed by atoms with van der Waals surface area (Å²) in [6.07, 6.45) is 7.30. The van der Waals surface area contributed by atoms with Crippen molar-refractivity contribution in [2.24, 2.45) is 0 Å². The highest BCUT2D eigenvalue weighted by Gasteiger charge is 2.03. The lowest BCUT2D eigenvalue weighted by molar-refractivity contribution is -0.384. The molecule has 2 aromatic carbocycles. The first-order valence-corrected chi connectivity index (χ1v) is 6.86. The van der Waals surface area contributed by atoms with Crippen LogP contribution in [0.3, 0.4) is 0 Å². The van der Waals surface area contributed by atoms with E-state index >= 15 is 0 Å². The average Bonchev–Trinajstić information content (AvgIpc) is 2.47. The Bertz CT molecular complexity index is 724. The van der Waals surface area contributed by atoms with Gasteiger partial charge in [0.2, 0.25) is 0 Å². The smallest absolute Gasteiger partial charge is 0.258 e. The Balaban J connectivity index is 2.08.